The smallest absolute Gasteiger partial charge is 0.234 e. The third kappa shape index (κ3) is 7.59. The molecule has 0 spiro atoms. The molecule has 0 bridgehead atoms. The van der Waals surface area contributed by atoms with E-state index in [0.717, 1.165) is 29.0 Å². The number of benzene rings is 2. The Morgan fingerprint density at radius 3 is 2.00 bits per heavy atom. The molecule has 7 heteroatoms. The van der Waals surface area contributed by atoms with Crippen LogP contribution in [0.1, 0.15) is 83.4 Å². The number of ether oxygens (including phenoxy) is 1. The van der Waals surface area contributed by atoms with E-state index in [1.165, 1.54) is 22.9 Å². The minimum Gasteiger partial charge on any atom is -0.483 e. The Morgan fingerprint density at radius 2 is 1.46 bits per heavy atom. The van der Waals surface area contributed by atoms with E-state index < -0.39 is 0 Å². The van der Waals surface area contributed by atoms with Gasteiger partial charge in [-0.2, -0.15) is 0 Å². The number of thioether (sulfide) groups is 1. The molecule has 3 rings (SSSR count). The van der Waals surface area contributed by atoms with Crippen LogP contribution in [0, 0.1) is 5.92 Å². The molecule has 0 fully saturated rings. The molecule has 0 aliphatic heterocycles. The molecule has 1 aromatic heterocycles. The van der Waals surface area contributed by atoms with Crippen molar-refractivity contribution in [3.63, 3.8) is 0 Å². The van der Waals surface area contributed by atoms with E-state index in [1.807, 2.05) is 31.2 Å². The van der Waals surface area contributed by atoms with Crippen LogP contribution in [-0.4, -0.2) is 26.4 Å². The molecule has 1 N–H and O–H groups in total. The zero-order chi connectivity index (χ0) is 25.5. The number of nitrogens with one attached hydrogen (secondary N) is 1. The monoisotopic (exact) mass is 494 g/mol. The number of aromatic nitrogens is 3. The van der Waals surface area contributed by atoms with Crippen LogP contribution >= 0.6 is 11.8 Å². The molecule has 188 valence electrons. The highest BCUT2D eigenvalue weighted by atomic mass is 32.2. The van der Waals surface area contributed by atoms with Gasteiger partial charge in [-0.25, -0.2) is 0 Å². The van der Waals surface area contributed by atoms with Crippen molar-refractivity contribution in [3.8, 4) is 5.75 Å². The van der Waals surface area contributed by atoms with Crippen molar-refractivity contribution < 1.29 is 9.53 Å². The molecule has 6 nitrogen and oxygen atoms in total. The summed E-state index contributed by atoms with van der Waals surface area (Å²) < 4.78 is 8.27. The Bertz CT molecular complexity index is 1090. The zero-order valence-electron chi connectivity index (χ0n) is 21.9. The highest BCUT2D eigenvalue weighted by Crippen LogP contribution is 2.27. The fourth-order valence-corrected chi connectivity index (χ4v) is 4.47. The number of anilines is 1. The lowest BCUT2D eigenvalue weighted by atomic mass is 10.0. The zero-order valence-corrected chi connectivity index (χ0v) is 22.7. The number of hydrogen-bond acceptors (Lipinski definition) is 5. The minimum atomic E-state index is -0.270. The maximum atomic E-state index is 12.6. The van der Waals surface area contributed by atoms with Crippen LogP contribution in [0.2, 0.25) is 0 Å². The summed E-state index contributed by atoms with van der Waals surface area (Å²) in [6, 6.07) is 16.2. The second-order valence-corrected chi connectivity index (χ2v) is 10.9. The largest absolute Gasteiger partial charge is 0.483 e. The summed E-state index contributed by atoms with van der Waals surface area (Å²) in [7, 11) is 0. The van der Waals surface area contributed by atoms with Crippen molar-refractivity contribution in [2.24, 2.45) is 5.92 Å². The van der Waals surface area contributed by atoms with Crippen LogP contribution in [0.4, 0.5) is 5.69 Å². The van der Waals surface area contributed by atoms with E-state index in [4.69, 9.17) is 4.74 Å². The first-order valence-electron chi connectivity index (χ1n) is 12.4. The Balaban J connectivity index is 1.66. The van der Waals surface area contributed by atoms with Crippen molar-refractivity contribution in [3.05, 3.63) is 65.5 Å². The molecule has 3 aromatic rings. The SMILES string of the molecule is CC(C)Cn1c(SCC(=O)Nc2ccc(C(C)C)cc2)nnc1C(C)Oc1ccc(C(C)C)cc1. The summed E-state index contributed by atoms with van der Waals surface area (Å²) in [5.74, 6) is 3.09. The molecule has 1 heterocycles. The van der Waals surface area contributed by atoms with Crippen molar-refractivity contribution in [2.75, 3.05) is 11.1 Å². The summed E-state index contributed by atoms with van der Waals surface area (Å²) in [5.41, 5.74) is 3.33. The van der Waals surface area contributed by atoms with Crippen molar-refractivity contribution >= 4 is 23.4 Å². The molecular formula is C28H38N4O2S. The van der Waals surface area contributed by atoms with Gasteiger partial charge in [-0.3, -0.25) is 4.79 Å². The van der Waals surface area contributed by atoms with E-state index in [0.29, 0.717) is 17.8 Å². The summed E-state index contributed by atoms with van der Waals surface area (Å²) in [6.07, 6.45) is -0.270. The first-order chi connectivity index (χ1) is 16.6. The summed E-state index contributed by atoms with van der Waals surface area (Å²) in [5, 5.41) is 12.5. The topological polar surface area (TPSA) is 69.0 Å². The predicted molar refractivity (Wildman–Crippen MR) is 144 cm³/mol. The Morgan fingerprint density at radius 1 is 0.886 bits per heavy atom. The fourth-order valence-electron chi connectivity index (χ4n) is 3.71. The maximum Gasteiger partial charge on any atom is 0.234 e. The van der Waals surface area contributed by atoms with Crippen LogP contribution < -0.4 is 10.1 Å². The molecule has 0 radical (unpaired) electrons. The number of carbonyl (C=O) groups is 1. The summed E-state index contributed by atoms with van der Waals surface area (Å²) in [6.45, 7) is 15.7. The molecule has 0 aliphatic rings. The van der Waals surface area contributed by atoms with E-state index in [1.54, 1.807) is 0 Å². The number of amides is 1. The van der Waals surface area contributed by atoms with Gasteiger partial charge in [-0.1, -0.05) is 77.6 Å². The summed E-state index contributed by atoms with van der Waals surface area (Å²) in [4.78, 5) is 12.6. The average molecular weight is 495 g/mol. The molecular weight excluding hydrogens is 456 g/mol. The van der Waals surface area contributed by atoms with Crippen LogP contribution in [-0.2, 0) is 11.3 Å². The van der Waals surface area contributed by atoms with Crippen molar-refractivity contribution in [2.45, 2.75) is 78.1 Å². The van der Waals surface area contributed by atoms with E-state index in [9.17, 15) is 4.79 Å². The van der Waals surface area contributed by atoms with Gasteiger partial charge in [0.15, 0.2) is 17.1 Å². The molecule has 0 aliphatic carbocycles. The third-order valence-corrected chi connectivity index (χ3v) is 6.68. The Kier molecular flexibility index (Phi) is 9.38. The highest BCUT2D eigenvalue weighted by molar-refractivity contribution is 7.99. The first kappa shape index (κ1) is 26.8. The number of carbonyl (C=O) groups excluding carboxylic acids is 1. The van der Waals surface area contributed by atoms with E-state index in [-0.39, 0.29) is 17.8 Å². The van der Waals surface area contributed by atoms with E-state index >= 15 is 0 Å². The Hall–Kier alpha value is -2.80. The van der Waals surface area contributed by atoms with Gasteiger partial charge in [0.25, 0.3) is 0 Å². The molecule has 35 heavy (non-hydrogen) atoms. The van der Waals surface area contributed by atoms with Crippen molar-refractivity contribution in [1.29, 1.82) is 0 Å². The Labute approximate surface area is 213 Å². The van der Waals surface area contributed by atoms with Gasteiger partial charge in [-0.05, 0) is 60.1 Å². The quantitative estimate of drug-likeness (QED) is 0.289. The molecule has 1 unspecified atom stereocenters. The lowest BCUT2D eigenvalue weighted by Gasteiger charge is -2.18. The van der Waals surface area contributed by atoms with Crippen LogP contribution in [0.25, 0.3) is 0 Å². The normalized spacial score (nSPS) is 12.4. The second kappa shape index (κ2) is 12.2. The molecule has 1 amide bonds. The average Bonchev–Trinajstić information content (AvgIpc) is 3.20. The van der Waals surface area contributed by atoms with Gasteiger partial charge in [0.05, 0.1) is 5.75 Å². The summed E-state index contributed by atoms with van der Waals surface area (Å²) >= 11 is 1.40. The van der Waals surface area contributed by atoms with E-state index in [2.05, 4.69) is 85.9 Å². The number of rotatable bonds is 11. The van der Waals surface area contributed by atoms with Gasteiger partial charge in [0.2, 0.25) is 5.91 Å². The third-order valence-electron chi connectivity index (χ3n) is 5.71. The van der Waals surface area contributed by atoms with Crippen LogP contribution in [0.15, 0.2) is 53.7 Å². The molecule has 0 saturated heterocycles. The van der Waals surface area contributed by atoms with Gasteiger partial charge in [0.1, 0.15) is 5.75 Å². The fraction of sp³-hybridized carbons (Fsp3) is 0.464. The molecule has 1 atom stereocenters. The minimum absolute atomic E-state index is 0.0671. The molecule has 0 saturated carbocycles. The predicted octanol–water partition coefficient (Wildman–Crippen LogP) is 7.05. The van der Waals surface area contributed by atoms with Gasteiger partial charge in [-0.15, -0.1) is 10.2 Å². The first-order valence-corrected chi connectivity index (χ1v) is 13.3. The van der Waals surface area contributed by atoms with Crippen LogP contribution in [0.3, 0.4) is 0 Å². The van der Waals surface area contributed by atoms with Crippen LogP contribution in [0.5, 0.6) is 5.75 Å². The van der Waals surface area contributed by atoms with Gasteiger partial charge < -0.3 is 14.6 Å². The second-order valence-electron chi connectivity index (χ2n) is 9.94. The maximum absolute atomic E-state index is 12.6. The number of hydrogen-bond donors (Lipinski definition) is 1. The van der Waals surface area contributed by atoms with Gasteiger partial charge in [0, 0.05) is 12.2 Å². The lowest BCUT2D eigenvalue weighted by molar-refractivity contribution is -0.113. The van der Waals surface area contributed by atoms with Gasteiger partial charge >= 0.3 is 0 Å². The molecule has 2 aromatic carbocycles. The van der Waals surface area contributed by atoms with Crippen molar-refractivity contribution in [1.82, 2.24) is 14.8 Å². The standard InChI is InChI=1S/C28H38N4O2S/c1-18(2)16-32-27(21(7)34-25-14-10-23(11-15-25)20(5)6)30-31-28(32)35-17-26(33)29-24-12-8-22(9-13-24)19(3)4/h8-15,18-21H,16-17H2,1-7H3,(H,29,33). The lowest BCUT2D eigenvalue weighted by Crippen LogP contribution is -2.17. The highest BCUT2D eigenvalue weighted by Gasteiger charge is 2.21. The number of nitrogens with zero attached hydrogens (tertiary/aromatic N) is 3.